The number of piperidine rings is 1. The van der Waals surface area contributed by atoms with Gasteiger partial charge in [0.15, 0.2) is 0 Å². The van der Waals surface area contributed by atoms with E-state index in [-0.39, 0.29) is 30.2 Å². The average molecular weight is 493 g/mol. The molecule has 2 fully saturated rings. The Hall–Kier alpha value is -2.72. The number of benzene rings is 1. The molecule has 2 aromatic rings. The molecule has 1 amide bonds. The van der Waals surface area contributed by atoms with E-state index in [0.29, 0.717) is 19.6 Å². The Kier molecular flexibility index (Phi) is 7.32. The van der Waals surface area contributed by atoms with E-state index in [1.54, 1.807) is 11.8 Å². The molecule has 3 heterocycles. The summed E-state index contributed by atoms with van der Waals surface area (Å²) in [5.41, 5.74) is 3.53. The minimum Gasteiger partial charge on any atom is -0.491 e. The van der Waals surface area contributed by atoms with E-state index in [1.165, 1.54) is 11.1 Å². The number of hydrogen-bond donors (Lipinski definition) is 1. The topological polar surface area (TPSA) is 78.8 Å². The number of alkyl halides is 3. The lowest BCUT2D eigenvalue weighted by Crippen LogP contribution is -2.57. The first kappa shape index (κ1) is 25.4. The summed E-state index contributed by atoms with van der Waals surface area (Å²) in [5, 5.41) is 9.53. The van der Waals surface area contributed by atoms with Crippen molar-refractivity contribution in [3.05, 3.63) is 52.6 Å². The molecule has 10 heteroatoms. The van der Waals surface area contributed by atoms with Crippen molar-refractivity contribution in [2.45, 2.75) is 64.4 Å². The Bertz CT molecular complexity index is 1060. The van der Waals surface area contributed by atoms with Crippen LogP contribution in [-0.4, -0.2) is 69.2 Å². The van der Waals surface area contributed by atoms with Crippen LogP contribution in [-0.2, 0) is 6.18 Å². The van der Waals surface area contributed by atoms with Crippen LogP contribution in [0.1, 0.15) is 65.1 Å². The van der Waals surface area contributed by atoms with Crippen LogP contribution in [0.25, 0.3) is 0 Å². The smallest absolute Gasteiger partial charge is 0.451 e. The van der Waals surface area contributed by atoms with Crippen LogP contribution in [0.3, 0.4) is 0 Å². The maximum atomic E-state index is 12.9. The molecule has 4 rings (SSSR count). The number of nitrogens with zero attached hydrogens (tertiary/aromatic N) is 4. The van der Waals surface area contributed by atoms with Gasteiger partial charge in [-0.25, -0.2) is 9.97 Å². The fraction of sp³-hybridized carbons (Fsp3) is 0.560. The number of aromatic nitrogens is 2. The van der Waals surface area contributed by atoms with Gasteiger partial charge in [-0.1, -0.05) is 6.07 Å². The SMILES string of the molecule is Cc1c(OC[C@@H](C)O)ccc([C@H]2CCC[C@H]3CN(C(=O)c4cnc(C(F)(F)F)nc4)CCN32)c1C. The molecule has 0 spiro atoms. The van der Waals surface area contributed by atoms with Gasteiger partial charge in [-0.2, -0.15) is 13.2 Å². The fourth-order valence-corrected chi connectivity index (χ4v) is 5.08. The minimum atomic E-state index is -4.64. The van der Waals surface area contributed by atoms with Gasteiger partial charge >= 0.3 is 6.18 Å². The van der Waals surface area contributed by atoms with Crippen LogP contribution < -0.4 is 4.74 Å². The number of fused-ring (bicyclic) bond motifs is 1. The lowest BCUT2D eigenvalue weighted by atomic mass is 9.86. The number of halogens is 3. The quantitative estimate of drug-likeness (QED) is 0.682. The number of aliphatic hydroxyl groups excluding tert-OH is 1. The van der Waals surface area contributed by atoms with Crippen molar-refractivity contribution < 1.29 is 27.8 Å². The van der Waals surface area contributed by atoms with Gasteiger partial charge in [0.1, 0.15) is 12.4 Å². The van der Waals surface area contributed by atoms with E-state index in [1.807, 2.05) is 13.0 Å². The lowest BCUT2D eigenvalue weighted by Gasteiger charge is -2.48. The van der Waals surface area contributed by atoms with E-state index >= 15 is 0 Å². The third-order valence-corrected chi connectivity index (χ3v) is 7.00. The highest BCUT2D eigenvalue weighted by atomic mass is 19.4. The fourth-order valence-electron chi connectivity index (χ4n) is 5.08. The van der Waals surface area contributed by atoms with Crippen LogP contribution >= 0.6 is 0 Å². The molecule has 3 atom stereocenters. The van der Waals surface area contributed by atoms with Crippen molar-refractivity contribution in [2.75, 3.05) is 26.2 Å². The molecule has 2 saturated heterocycles. The molecule has 1 aromatic heterocycles. The van der Waals surface area contributed by atoms with Crippen molar-refractivity contribution in [3.8, 4) is 5.75 Å². The van der Waals surface area contributed by atoms with Crippen LogP contribution in [0, 0.1) is 13.8 Å². The van der Waals surface area contributed by atoms with Gasteiger partial charge in [-0.05, 0) is 62.8 Å². The number of carbonyl (C=O) groups excluding carboxylic acids is 1. The molecule has 2 aliphatic rings. The summed E-state index contributed by atoms with van der Waals surface area (Å²) in [7, 11) is 0. The van der Waals surface area contributed by atoms with Crippen LogP contribution in [0.2, 0.25) is 0 Å². The molecule has 0 radical (unpaired) electrons. The van der Waals surface area contributed by atoms with Crippen molar-refractivity contribution in [2.24, 2.45) is 0 Å². The number of aliphatic hydroxyl groups is 1. The number of hydrogen-bond acceptors (Lipinski definition) is 6. The van der Waals surface area contributed by atoms with E-state index in [4.69, 9.17) is 4.74 Å². The predicted octanol–water partition coefficient (Wildman–Crippen LogP) is 3.92. The van der Waals surface area contributed by atoms with Crippen molar-refractivity contribution in [1.29, 1.82) is 0 Å². The van der Waals surface area contributed by atoms with Gasteiger partial charge < -0.3 is 14.7 Å². The Balaban J connectivity index is 1.46. The Morgan fingerprint density at radius 1 is 1.17 bits per heavy atom. The van der Waals surface area contributed by atoms with Crippen LogP contribution in [0.4, 0.5) is 13.2 Å². The number of carbonyl (C=O) groups is 1. The van der Waals surface area contributed by atoms with Crippen molar-refractivity contribution >= 4 is 5.91 Å². The van der Waals surface area contributed by atoms with Gasteiger partial charge in [0.25, 0.3) is 5.91 Å². The summed E-state index contributed by atoms with van der Waals surface area (Å²) in [6, 6.07) is 4.47. The van der Waals surface area contributed by atoms with E-state index in [0.717, 1.165) is 43.0 Å². The molecule has 35 heavy (non-hydrogen) atoms. The monoisotopic (exact) mass is 492 g/mol. The summed E-state index contributed by atoms with van der Waals surface area (Å²) in [6.45, 7) is 7.73. The predicted molar refractivity (Wildman–Crippen MR) is 123 cm³/mol. The molecule has 0 unspecified atom stereocenters. The summed E-state index contributed by atoms with van der Waals surface area (Å²) < 4.78 is 44.0. The first-order valence-corrected chi connectivity index (χ1v) is 11.9. The number of rotatable bonds is 5. The zero-order valence-corrected chi connectivity index (χ0v) is 20.2. The number of amides is 1. The van der Waals surface area contributed by atoms with E-state index in [9.17, 15) is 23.1 Å². The van der Waals surface area contributed by atoms with Gasteiger partial charge in [0.2, 0.25) is 5.82 Å². The number of ether oxygens (including phenoxy) is 1. The van der Waals surface area contributed by atoms with Crippen LogP contribution in [0.5, 0.6) is 5.75 Å². The van der Waals surface area contributed by atoms with Crippen molar-refractivity contribution in [3.63, 3.8) is 0 Å². The molecular weight excluding hydrogens is 461 g/mol. The summed E-state index contributed by atoms with van der Waals surface area (Å²) in [5.74, 6) is -0.817. The minimum absolute atomic E-state index is 0.0677. The number of piperazine rings is 1. The second-order valence-electron chi connectivity index (χ2n) is 9.45. The standard InChI is InChI=1S/C25H31F3N4O3/c1-15(33)14-35-22-8-7-20(16(2)17(22)3)21-6-4-5-19-13-31(9-10-32(19)21)23(34)18-11-29-24(30-12-18)25(26,27)28/h7-8,11-12,15,19,21,33H,4-6,9-10,13-14H2,1-3H3/t15-,19+,21-/m1/s1. The molecule has 0 aliphatic carbocycles. The molecule has 190 valence electrons. The third kappa shape index (κ3) is 5.43. The molecular formula is C25H31F3N4O3. The largest absolute Gasteiger partial charge is 0.491 e. The molecule has 1 N–H and O–H groups in total. The Labute approximate surface area is 202 Å². The zero-order chi connectivity index (χ0) is 25.3. The molecule has 0 saturated carbocycles. The van der Waals surface area contributed by atoms with Crippen molar-refractivity contribution in [1.82, 2.24) is 19.8 Å². The Morgan fingerprint density at radius 2 is 1.89 bits per heavy atom. The highest BCUT2D eigenvalue weighted by Gasteiger charge is 2.38. The van der Waals surface area contributed by atoms with Gasteiger partial charge in [-0.15, -0.1) is 0 Å². The van der Waals surface area contributed by atoms with Crippen LogP contribution in [0.15, 0.2) is 24.5 Å². The zero-order valence-electron chi connectivity index (χ0n) is 20.2. The summed E-state index contributed by atoms with van der Waals surface area (Å²) in [4.78, 5) is 23.8. The average Bonchev–Trinajstić information content (AvgIpc) is 2.83. The summed E-state index contributed by atoms with van der Waals surface area (Å²) in [6.07, 6.45) is -0.258. The molecule has 1 aromatic carbocycles. The summed E-state index contributed by atoms with van der Waals surface area (Å²) >= 11 is 0. The van der Waals surface area contributed by atoms with E-state index in [2.05, 4.69) is 27.9 Å². The first-order chi connectivity index (χ1) is 16.6. The normalized spacial score (nSPS) is 22.0. The Morgan fingerprint density at radius 3 is 2.54 bits per heavy atom. The van der Waals surface area contributed by atoms with Gasteiger partial charge in [0, 0.05) is 44.1 Å². The lowest BCUT2D eigenvalue weighted by molar-refractivity contribution is -0.145. The molecule has 2 aliphatic heterocycles. The second-order valence-corrected chi connectivity index (χ2v) is 9.45. The second kappa shape index (κ2) is 10.1. The highest BCUT2D eigenvalue weighted by molar-refractivity contribution is 5.93. The molecule has 7 nitrogen and oxygen atoms in total. The maximum absolute atomic E-state index is 12.9. The molecule has 0 bridgehead atoms. The highest BCUT2D eigenvalue weighted by Crippen LogP contribution is 2.39. The van der Waals surface area contributed by atoms with Gasteiger partial charge in [-0.3, -0.25) is 9.69 Å². The first-order valence-electron chi connectivity index (χ1n) is 11.9. The maximum Gasteiger partial charge on any atom is 0.451 e. The third-order valence-electron chi connectivity index (χ3n) is 7.00. The van der Waals surface area contributed by atoms with E-state index < -0.39 is 18.1 Å². The van der Waals surface area contributed by atoms with Gasteiger partial charge in [0.05, 0.1) is 11.7 Å².